The molecule has 0 radical (unpaired) electrons. The van der Waals surface area contributed by atoms with E-state index in [1.165, 1.54) is 18.3 Å². The first-order valence-electron chi connectivity index (χ1n) is 5.51. The van der Waals surface area contributed by atoms with Gasteiger partial charge in [0.25, 0.3) is 0 Å². The molecule has 7 nitrogen and oxygen atoms in total. The highest BCUT2D eigenvalue weighted by Crippen LogP contribution is 2.17. The van der Waals surface area contributed by atoms with Gasteiger partial charge in [-0.3, -0.25) is 10.1 Å². The summed E-state index contributed by atoms with van der Waals surface area (Å²) in [7, 11) is 0. The van der Waals surface area contributed by atoms with E-state index in [9.17, 15) is 9.59 Å². The zero-order chi connectivity index (χ0) is 13.7. The van der Waals surface area contributed by atoms with Crippen LogP contribution in [-0.4, -0.2) is 33.3 Å². The van der Waals surface area contributed by atoms with Crippen LogP contribution in [0.1, 0.15) is 25.8 Å². The molecule has 100 valence electrons. The third kappa shape index (κ3) is 4.66. The second-order valence-electron chi connectivity index (χ2n) is 4.26. The number of anilines is 1. The van der Waals surface area contributed by atoms with Crippen molar-refractivity contribution in [2.75, 3.05) is 5.32 Å². The lowest BCUT2D eigenvalue weighted by atomic mass is 10.1. The first-order chi connectivity index (χ1) is 8.38. The predicted octanol–water partition coefficient (Wildman–Crippen LogP) is 1.33. The van der Waals surface area contributed by atoms with Crippen LogP contribution in [-0.2, 0) is 11.2 Å². The molecule has 3 N–H and O–H groups in total. The van der Waals surface area contributed by atoms with Crippen LogP contribution in [0.2, 0.25) is 0 Å². The minimum absolute atomic E-state index is 0.362. The number of carbonyl (C=O) groups is 2. The monoisotopic (exact) mass is 272 g/mol. The Morgan fingerprint density at radius 2 is 2.00 bits per heavy atom. The van der Waals surface area contributed by atoms with Crippen LogP contribution in [0.25, 0.3) is 0 Å². The third-order valence-corrected chi connectivity index (χ3v) is 2.85. The van der Waals surface area contributed by atoms with E-state index in [1.54, 1.807) is 0 Å². The number of carboxylic acids is 1. The van der Waals surface area contributed by atoms with Crippen molar-refractivity contribution in [2.24, 2.45) is 5.92 Å². The second-order valence-corrected chi connectivity index (χ2v) is 5.32. The van der Waals surface area contributed by atoms with Gasteiger partial charge >= 0.3 is 12.0 Å². The Kier molecular flexibility index (Phi) is 5.02. The van der Waals surface area contributed by atoms with Gasteiger partial charge in [-0.05, 0) is 12.8 Å². The Morgan fingerprint density at radius 1 is 1.33 bits per heavy atom. The lowest BCUT2D eigenvalue weighted by Crippen LogP contribution is -2.40. The summed E-state index contributed by atoms with van der Waals surface area (Å²) in [5.41, 5.74) is 0. The first kappa shape index (κ1) is 14.4. The molecular formula is C10H16N4O3S. The van der Waals surface area contributed by atoms with Crippen LogP contribution in [0.5, 0.6) is 0 Å². The van der Waals surface area contributed by atoms with E-state index < -0.39 is 18.0 Å². The van der Waals surface area contributed by atoms with Gasteiger partial charge < -0.3 is 10.4 Å². The number of hydrogen-bond donors (Lipinski definition) is 3. The summed E-state index contributed by atoms with van der Waals surface area (Å²) in [4.78, 5) is 22.0. The Hall–Kier alpha value is -1.70. The number of carbonyl (C=O) groups excluding carboxylic acids is 1. The normalized spacial score (nSPS) is 12.2. The summed E-state index contributed by atoms with van der Waals surface area (Å²) in [6.45, 7) is 5.51. The van der Waals surface area contributed by atoms with Gasteiger partial charge in [-0.25, -0.2) is 4.79 Å². The minimum Gasteiger partial charge on any atom is -0.480 e. The number of aliphatic carboxylic acids is 1. The number of amides is 2. The maximum absolute atomic E-state index is 11.4. The molecule has 0 aliphatic carbocycles. The average Bonchev–Trinajstić information content (AvgIpc) is 2.63. The molecule has 0 spiro atoms. The molecule has 2 amide bonds. The molecule has 0 aliphatic rings. The zero-order valence-electron chi connectivity index (χ0n) is 10.4. The van der Waals surface area contributed by atoms with Gasteiger partial charge in [-0.15, -0.1) is 10.2 Å². The smallest absolute Gasteiger partial charge is 0.325 e. The van der Waals surface area contributed by atoms with Crippen LogP contribution in [0.3, 0.4) is 0 Å². The van der Waals surface area contributed by atoms with E-state index in [0.29, 0.717) is 11.0 Å². The fourth-order valence-corrected chi connectivity index (χ4v) is 2.07. The van der Waals surface area contributed by atoms with Crippen LogP contribution in [0.15, 0.2) is 0 Å². The molecule has 0 saturated carbocycles. The van der Waals surface area contributed by atoms with Crippen molar-refractivity contribution in [3.8, 4) is 0 Å². The molecule has 1 rings (SSSR count). The van der Waals surface area contributed by atoms with Crippen molar-refractivity contribution < 1.29 is 14.7 Å². The summed E-state index contributed by atoms with van der Waals surface area (Å²) >= 11 is 1.28. The van der Waals surface area contributed by atoms with Crippen LogP contribution in [0, 0.1) is 5.92 Å². The van der Waals surface area contributed by atoms with Gasteiger partial charge in [0.1, 0.15) is 11.0 Å². The van der Waals surface area contributed by atoms with Crippen molar-refractivity contribution in [1.82, 2.24) is 15.5 Å². The Labute approximate surface area is 109 Å². The van der Waals surface area contributed by atoms with Crippen molar-refractivity contribution in [3.63, 3.8) is 0 Å². The van der Waals surface area contributed by atoms with Crippen LogP contribution < -0.4 is 10.6 Å². The molecule has 8 heteroatoms. The average molecular weight is 272 g/mol. The maximum Gasteiger partial charge on any atom is 0.325 e. The molecule has 1 aromatic rings. The van der Waals surface area contributed by atoms with Crippen LogP contribution >= 0.6 is 11.3 Å². The van der Waals surface area contributed by atoms with Gasteiger partial charge in [-0.2, -0.15) is 0 Å². The zero-order valence-corrected chi connectivity index (χ0v) is 11.2. The molecule has 0 saturated heterocycles. The molecular weight excluding hydrogens is 256 g/mol. The highest BCUT2D eigenvalue weighted by atomic mass is 32.1. The predicted molar refractivity (Wildman–Crippen MR) is 67.7 cm³/mol. The van der Waals surface area contributed by atoms with E-state index in [-0.39, 0.29) is 0 Å². The summed E-state index contributed by atoms with van der Waals surface area (Å²) in [5.74, 6) is -0.630. The first-order valence-corrected chi connectivity index (χ1v) is 6.33. The number of aromatic nitrogens is 2. The molecule has 1 atom stereocenters. The van der Waals surface area contributed by atoms with Gasteiger partial charge in [0.2, 0.25) is 5.13 Å². The number of hydrogen-bond acceptors (Lipinski definition) is 5. The van der Waals surface area contributed by atoms with Gasteiger partial charge in [0.15, 0.2) is 0 Å². The lowest BCUT2D eigenvalue weighted by molar-refractivity contribution is -0.138. The molecule has 0 bridgehead atoms. The maximum atomic E-state index is 11.4. The molecule has 0 fully saturated rings. The van der Waals surface area contributed by atoms with Crippen LogP contribution in [0.4, 0.5) is 9.93 Å². The fourth-order valence-electron chi connectivity index (χ4n) is 1.13. The molecule has 1 aromatic heterocycles. The molecule has 18 heavy (non-hydrogen) atoms. The molecule has 1 unspecified atom stereocenters. The van der Waals surface area contributed by atoms with Gasteiger partial charge in [0.05, 0.1) is 0 Å². The summed E-state index contributed by atoms with van der Waals surface area (Å²) in [5, 5.41) is 22.3. The summed E-state index contributed by atoms with van der Waals surface area (Å²) in [6.07, 6.45) is 0.798. The number of rotatable bonds is 5. The number of urea groups is 1. The summed E-state index contributed by atoms with van der Waals surface area (Å²) in [6, 6.07) is -1.55. The molecule has 1 heterocycles. The molecule has 0 aliphatic heterocycles. The lowest BCUT2D eigenvalue weighted by Gasteiger charge is -2.08. The second kappa shape index (κ2) is 6.29. The Balaban J connectivity index is 2.49. The van der Waals surface area contributed by atoms with Crippen molar-refractivity contribution in [1.29, 1.82) is 0 Å². The Bertz CT molecular complexity index is 433. The summed E-state index contributed by atoms with van der Waals surface area (Å²) < 4.78 is 0. The van der Waals surface area contributed by atoms with E-state index >= 15 is 0 Å². The van der Waals surface area contributed by atoms with Crippen molar-refractivity contribution >= 4 is 28.5 Å². The highest BCUT2D eigenvalue weighted by Gasteiger charge is 2.15. The Morgan fingerprint density at radius 3 is 2.56 bits per heavy atom. The molecule has 0 aromatic carbocycles. The number of nitrogens with one attached hydrogen (secondary N) is 2. The minimum atomic E-state index is -1.09. The number of nitrogens with zero attached hydrogens (tertiary/aromatic N) is 2. The van der Waals surface area contributed by atoms with Gasteiger partial charge in [0, 0.05) is 6.42 Å². The number of carboxylic acid groups (broad SMARTS) is 1. The fraction of sp³-hybridized carbons (Fsp3) is 0.600. The third-order valence-electron chi connectivity index (χ3n) is 1.99. The standard InChI is InChI=1S/C10H16N4O3S/c1-5(2)4-7-13-14-10(18-7)12-9(17)11-6(3)8(15)16/h5-6H,4H2,1-3H3,(H,15,16)(H2,11,12,14,17). The van der Waals surface area contributed by atoms with E-state index in [1.807, 2.05) is 0 Å². The SMILES string of the molecule is CC(C)Cc1nnc(NC(=O)NC(C)C(=O)O)s1. The van der Waals surface area contributed by atoms with E-state index in [4.69, 9.17) is 5.11 Å². The topological polar surface area (TPSA) is 104 Å². The van der Waals surface area contributed by atoms with Crippen molar-refractivity contribution in [2.45, 2.75) is 33.2 Å². The quantitative estimate of drug-likeness (QED) is 0.750. The van der Waals surface area contributed by atoms with E-state index in [2.05, 4.69) is 34.7 Å². The van der Waals surface area contributed by atoms with E-state index in [0.717, 1.165) is 11.4 Å². The largest absolute Gasteiger partial charge is 0.480 e. The highest BCUT2D eigenvalue weighted by molar-refractivity contribution is 7.15. The van der Waals surface area contributed by atoms with Crippen molar-refractivity contribution in [3.05, 3.63) is 5.01 Å². The van der Waals surface area contributed by atoms with Gasteiger partial charge in [-0.1, -0.05) is 25.2 Å².